The Morgan fingerprint density at radius 1 is 1.44 bits per heavy atom. The molecule has 0 spiro atoms. The molecule has 8 nitrogen and oxygen atoms in total. The topological polar surface area (TPSA) is 111 Å². The molecule has 1 fully saturated rings. The minimum absolute atomic E-state index is 0.0258. The first-order valence-electron chi connectivity index (χ1n) is 8.29. The van der Waals surface area contributed by atoms with Crippen molar-refractivity contribution >= 4 is 5.97 Å². The van der Waals surface area contributed by atoms with Gasteiger partial charge in [0.1, 0.15) is 24.5 Å². The minimum Gasteiger partial charge on any atom is -0.459 e. The van der Waals surface area contributed by atoms with Gasteiger partial charge < -0.3 is 14.6 Å². The Bertz CT molecular complexity index is 1020. The summed E-state index contributed by atoms with van der Waals surface area (Å²) in [6.45, 7) is 1.62. The third-order valence-electron chi connectivity index (χ3n) is 4.38. The quantitative estimate of drug-likeness (QED) is 0.593. The highest BCUT2D eigenvalue weighted by Gasteiger charge is 2.36. The average molecular weight is 370 g/mol. The van der Waals surface area contributed by atoms with Crippen molar-refractivity contribution in [2.45, 2.75) is 31.8 Å². The van der Waals surface area contributed by atoms with Crippen molar-refractivity contribution in [3.63, 3.8) is 0 Å². The Morgan fingerprint density at radius 2 is 2.19 bits per heavy atom. The molecule has 1 saturated heterocycles. The maximum atomic E-state index is 12.2. The van der Waals surface area contributed by atoms with Gasteiger partial charge in [0.25, 0.3) is 5.56 Å². The Morgan fingerprint density at radius 3 is 2.89 bits per heavy atom. The normalized spacial score (nSPS) is 21.6. The van der Waals surface area contributed by atoms with E-state index in [4.69, 9.17) is 15.9 Å². The molecule has 27 heavy (non-hydrogen) atoms. The zero-order chi connectivity index (χ0) is 19.6. The molecular weight excluding hydrogens is 352 g/mol. The Labute approximate surface area is 154 Å². The summed E-state index contributed by atoms with van der Waals surface area (Å²) < 4.78 is 12.0. The number of nitrogens with zero attached hydrogens (tertiary/aromatic N) is 1. The van der Waals surface area contributed by atoms with Crippen LogP contribution in [-0.2, 0) is 9.47 Å². The maximum absolute atomic E-state index is 12.2. The number of aliphatic hydroxyl groups is 1. The zero-order valence-corrected chi connectivity index (χ0v) is 14.5. The second kappa shape index (κ2) is 7.61. The molecule has 1 aliphatic heterocycles. The molecule has 2 N–H and O–H groups in total. The van der Waals surface area contributed by atoms with Gasteiger partial charge in [0, 0.05) is 12.6 Å². The van der Waals surface area contributed by atoms with Gasteiger partial charge in [-0.1, -0.05) is 24.1 Å². The van der Waals surface area contributed by atoms with E-state index in [0.717, 1.165) is 10.1 Å². The van der Waals surface area contributed by atoms with Gasteiger partial charge in [-0.25, -0.2) is 9.59 Å². The number of carbonyl (C=O) groups is 1. The molecule has 140 valence electrons. The molecule has 0 bridgehead atoms. The number of esters is 1. The lowest BCUT2D eigenvalue weighted by Crippen LogP contribution is -2.33. The van der Waals surface area contributed by atoms with Crippen LogP contribution >= 0.6 is 0 Å². The summed E-state index contributed by atoms with van der Waals surface area (Å²) >= 11 is 0. The van der Waals surface area contributed by atoms with Crippen molar-refractivity contribution in [2.75, 3.05) is 6.61 Å². The summed E-state index contributed by atoms with van der Waals surface area (Å²) in [6, 6.07) is 6.98. The Hall–Kier alpha value is -3.15. The smallest absolute Gasteiger partial charge is 0.338 e. The van der Waals surface area contributed by atoms with Gasteiger partial charge >= 0.3 is 11.7 Å². The molecule has 3 atom stereocenters. The molecule has 3 rings (SSSR count). The molecule has 0 aliphatic carbocycles. The number of hydrogen-bond acceptors (Lipinski definition) is 6. The summed E-state index contributed by atoms with van der Waals surface area (Å²) in [5.41, 5.74) is -0.191. The highest BCUT2D eigenvalue weighted by Crippen LogP contribution is 2.28. The van der Waals surface area contributed by atoms with Gasteiger partial charge in [-0.2, -0.15) is 0 Å². The number of benzene rings is 1. The van der Waals surface area contributed by atoms with Crippen LogP contribution in [0, 0.1) is 19.3 Å². The molecule has 2 heterocycles. The lowest BCUT2D eigenvalue weighted by atomic mass is 10.1. The zero-order valence-electron chi connectivity index (χ0n) is 14.5. The van der Waals surface area contributed by atoms with Crippen LogP contribution < -0.4 is 11.2 Å². The van der Waals surface area contributed by atoms with E-state index >= 15 is 0 Å². The number of aryl methyl sites for hydroxylation is 1. The Kier molecular flexibility index (Phi) is 5.26. The molecule has 0 radical (unpaired) electrons. The number of aliphatic hydroxyl groups excluding tert-OH is 1. The van der Waals surface area contributed by atoms with E-state index in [0.29, 0.717) is 5.56 Å². The summed E-state index contributed by atoms with van der Waals surface area (Å²) in [6.07, 6.45) is 3.94. The van der Waals surface area contributed by atoms with E-state index in [9.17, 15) is 19.5 Å². The predicted octanol–water partition coefficient (Wildman–Crippen LogP) is 0.332. The fourth-order valence-corrected chi connectivity index (χ4v) is 2.88. The predicted molar refractivity (Wildman–Crippen MR) is 95.3 cm³/mol. The van der Waals surface area contributed by atoms with Crippen LogP contribution in [0.5, 0.6) is 0 Å². The molecule has 1 unspecified atom stereocenters. The van der Waals surface area contributed by atoms with E-state index in [1.807, 2.05) is 6.07 Å². The first kappa shape index (κ1) is 18.6. The number of rotatable bonds is 4. The second-order valence-corrected chi connectivity index (χ2v) is 6.20. The fourth-order valence-electron chi connectivity index (χ4n) is 2.88. The largest absolute Gasteiger partial charge is 0.459 e. The van der Waals surface area contributed by atoms with Crippen LogP contribution in [0.3, 0.4) is 0 Å². The maximum Gasteiger partial charge on any atom is 0.338 e. The highest BCUT2D eigenvalue weighted by molar-refractivity contribution is 5.90. The number of terminal acetylenes is 1. The molecule has 8 heteroatoms. The van der Waals surface area contributed by atoms with Gasteiger partial charge in [0.2, 0.25) is 0 Å². The summed E-state index contributed by atoms with van der Waals surface area (Å²) in [4.78, 5) is 37.8. The number of carbonyl (C=O) groups excluding carboxylic acids is 1. The monoisotopic (exact) mass is 370 g/mol. The third kappa shape index (κ3) is 3.84. The first-order valence-corrected chi connectivity index (χ1v) is 8.29. The average Bonchev–Trinajstić information content (AvgIpc) is 3.00. The summed E-state index contributed by atoms with van der Waals surface area (Å²) in [7, 11) is 0. The number of H-pyrrole nitrogens is 1. The number of aromatic nitrogens is 2. The molecule has 0 saturated carbocycles. The van der Waals surface area contributed by atoms with Crippen molar-refractivity contribution in [2.24, 2.45) is 0 Å². The second-order valence-electron chi connectivity index (χ2n) is 6.20. The van der Waals surface area contributed by atoms with Crippen LogP contribution in [-0.4, -0.2) is 39.4 Å². The minimum atomic E-state index is -0.951. The van der Waals surface area contributed by atoms with E-state index in [-0.39, 0.29) is 18.6 Å². The van der Waals surface area contributed by atoms with E-state index < -0.39 is 35.7 Å². The highest BCUT2D eigenvalue weighted by atomic mass is 16.6. The molecule has 1 aromatic carbocycles. The van der Waals surface area contributed by atoms with Crippen LogP contribution in [0.2, 0.25) is 0 Å². The summed E-state index contributed by atoms with van der Waals surface area (Å²) in [5, 5.41) is 10.2. The van der Waals surface area contributed by atoms with Crippen LogP contribution in [0.15, 0.2) is 40.1 Å². The fraction of sp³-hybridized carbons (Fsp3) is 0.316. The molecule has 1 aliphatic rings. The lowest BCUT2D eigenvalue weighted by molar-refractivity contribution is -0.0532. The van der Waals surface area contributed by atoms with Crippen molar-refractivity contribution in [3.05, 3.63) is 68.0 Å². The standard InChI is InChI=1S/C19H18N2O6/c1-3-12-9-21(19(25)20-17(12)23)16-8-14(22)15(27-16)10-26-18(24)13-7-5-4-6-11(13)2/h1,4-7,9,14-16,22H,8,10H2,2H3,(H,20,23,25)/t14?,15-,16-/m0/s1. The van der Waals surface area contributed by atoms with Crippen LogP contribution in [0.25, 0.3) is 0 Å². The van der Waals surface area contributed by atoms with Gasteiger partial charge in [0.05, 0.1) is 11.7 Å². The molecule has 2 aromatic rings. The van der Waals surface area contributed by atoms with Gasteiger partial charge in [-0.3, -0.25) is 14.3 Å². The van der Waals surface area contributed by atoms with Crippen LogP contribution in [0.1, 0.15) is 34.1 Å². The molecule has 1 aromatic heterocycles. The molecular formula is C19H18N2O6. The Balaban J connectivity index is 1.70. The van der Waals surface area contributed by atoms with Crippen molar-refractivity contribution in [1.29, 1.82) is 0 Å². The first-order chi connectivity index (χ1) is 12.9. The number of hydrogen-bond donors (Lipinski definition) is 2. The van der Waals surface area contributed by atoms with E-state index in [1.54, 1.807) is 25.1 Å². The third-order valence-corrected chi connectivity index (χ3v) is 4.38. The SMILES string of the molecule is C#Cc1cn([C@@H]2CC(O)[C@H](COC(=O)c3ccccc3C)O2)c(=O)[nH]c1=O. The van der Waals surface area contributed by atoms with Crippen molar-refractivity contribution in [1.82, 2.24) is 9.55 Å². The van der Waals surface area contributed by atoms with Gasteiger partial charge in [-0.15, -0.1) is 6.42 Å². The summed E-state index contributed by atoms with van der Waals surface area (Å²) in [5.74, 6) is 1.66. The van der Waals surface area contributed by atoms with Crippen LogP contribution in [0.4, 0.5) is 0 Å². The van der Waals surface area contributed by atoms with Gasteiger partial charge in [-0.05, 0) is 18.6 Å². The number of ether oxygens (including phenoxy) is 2. The van der Waals surface area contributed by atoms with E-state index in [1.165, 1.54) is 6.20 Å². The lowest BCUT2D eigenvalue weighted by Gasteiger charge is -2.16. The van der Waals surface area contributed by atoms with E-state index in [2.05, 4.69) is 10.9 Å². The van der Waals surface area contributed by atoms with Crippen molar-refractivity contribution in [3.8, 4) is 12.3 Å². The molecule has 0 amide bonds. The van der Waals surface area contributed by atoms with Gasteiger partial charge in [0.15, 0.2) is 0 Å². The number of aromatic amines is 1. The van der Waals surface area contributed by atoms with Crippen molar-refractivity contribution < 1.29 is 19.4 Å². The number of nitrogens with one attached hydrogen (secondary N) is 1.